The summed E-state index contributed by atoms with van der Waals surface area (Å²) in [7, 11) is 0. The van der Waals surface area contributed by atoms with Gasteiger partial charge in [0.25, 0.3) is 0 Å². The van der Waals surface area contributed by atoms with E-state index in [4.69, 9.17) is 14.2 Å². The molecule has 0 radical (unpaired) electrons. The molecule has 52 heavy (non-hydrogen) atoms. The number of carboxylic acid groups (broad SMARTS) is 1. The number of ether oxygens (including phenoxy) is 3. The van der Waals surface area contributed by atoms with Crippen molar-refractivity contribution in [1.82, 2.24) is 0 Å². The maximum Gasteiger partial charge on any atom is 0.365 e. The molecule has 0 fully saturated rings. The number of carboxylic acids is 1. The van der Waals surface area contributed by atoms with E-state index in [1.165, 1.54) is 148 Å². The van der Waals surface area contributed by atoms with Gasteiger partial charge in [0.1, 0.15) is 13.2 Å². The van der Waals surface area contributed by atoms with Gasteiger partial charge in [0.2, 0.25) is 0 Å². The van der Waals surface area contributed by atoms with E-state index in [2.05, 4.69) is 19.6 Å². The molecule has 0 aliphatic heterocycles. The van der Waals surface area contributed by atoms with E-state index >= 15 is 0 Å². The Bertz CT molecular complexity index is 851. The number of quaternary nitrogens is 1. The first-order valence-corrected chi connectivity index (χ1v) is 21.8. The summed E-state index contributed by atoms with van der Waals surface area (Å²) in [6.45, 7) is 3.95. The topological polar surface area (TPSA) is 147 Å². The standard InChI is InChI=1S/C43H81NO8/c1-3-5-7-9-11-13-15-17-19-21-23-25-27-29-31-33-41(47)50-36-38(37-51-43(49)39(44)35-40(45)46)52-42(48)34-32-30-28-26-24-22-20-18-16-14-12-10-8-6-4-2/h38-39H,3-37,44H2,1-2H3,(H,45,46). The number of aliphatic carboxylic acids is 1. The van der Waals surface area contributed by atoms with Gasteiger partial charge in [-0.25, -0.2) is 4.79 Å². The average molecular weight is 740 g/mol. The SMILES string of the molecule is CCCCCCCCCCCCCCCCCC(=O)OCC(COC(=O)C([NH3+])CC(=O)[O-])OC(=O)CCCCCCCCCCCCCCCCC. The maximum atomic E-state index is 12.6. The Balaban J connectivity index is 4.17. The number of carbonyl (C=O) groups excluding carboxylic acids is 4. The van der Waals surface area contributed by atoms with Crippen LogP contribution in [0.15, 0.2) is 0 Å². The number of esters is 3. The molecule has 0 saturated carbocycles. The third kappa shape index (κ3) is 36.2. The fraction of sp³-hybridized carbons (Fsp3) is 0.907. The van der Waals surface area contributed by atoms with Crippen LogP contribution in [0.5, 0.6) is 0 Å². The van der Waals surface area contributed by atoms with E-state index in [0.717, 1.165) is 38.5 Å². The molecule has 0 rings (SSSR count). The Morgan fingerprint density at radius 2 is 0.769 bits per heavy atom. The second-order valence-corrected chi connectivity index (χ2v) is 15.1. The first-order chi connectivity index (χ1) is 25.3. The zero-order valence-electron chi connectivity index (χ0n) is 33.9. The highest BCUT2D eigenvalue weighted by atomic mass is 16.6. The quantitative estimate of drug-likeness (QED) is 0.0372. The molecule has 9 nitrogen and oxygen atoms in total. The van der Waals surface area contributed by atoms with Gasteiger partial charge in [0.05, 0.1) is 6.42 Å². The minimum atomic E-state index is -1.41. The van der Waals surface area contributed by atoms with E-state index in [1.807, 2.05) is 0 Å². The van der Waals surface area contributed by atoms with Crippen molar-refractivity contribution in [3.8, 4) is 0 Å². The van der Waals surface area contributed by atoms with Gasteiger partial charge in [0, 0.05) is 18.8 Å². The Morgan fingerprint density at radius 3 is 1.12 bits per heavy atom. The fourth-order valence-electron chi connectivity index (χ4n) is 6.48. The lowest BCUT2D eigenvalue weighted by molar-refractivity contribution is -0.413. The molecule has 2 unspecified atom stereocenters. The van der Waals surface area contributed by atoms with Gasteiger partial charge in [-0.1, -0.05) is 194 Å². The number of hydrogen-bond acceptors (Lipinski definition) is 8. The van der Waals surface area contributed by atoms with E-state index in [9.17, 15) is 24.3 Å². The monoisotopic (exact) mass is 740 g/mol. The third-order valence-corrected chi connectivity index (χ3v) is 9.86. The lowest BCUT2D eigenvalue weighted by atomic mass is 10.0. The Labute approximate surface area is 318 Å². The largest absolute Gasteiger partial charge is 0.550 e. The second-order valence-electron chi connectivity index (χ2n) is 15.1. The molecule has 9 heteroatoms. The Morgan fingerprint density at radius 1 is 0.462 bits per heavy atom. The first kappa shape index (κ1) is 49.8. The molecule has 0 heterocycles. The lowest BCUT2D eigenvalue weighted by Gasteiger charge is -2.19. The van der Waals surface area contributed by atoms with Gasteiger partial charge in [-0.15, -0.1) is 0 Å². The predicted molar refractivity (Wildman–Crippen MR) is 207 cm³/mol. The summed E-state index contributed by atoms with van der Waals surface area (Å²) in [5.41, 5.74) is 3.50. The van der Waals surface area contributed by atoms with Crippen LogP contribution in [0.1, 0.15) is 226 Å². The van der Waals surface area contributed by atoms with E-state index in [1.54, 1.807) is 0 Å². The first-order valence-electron chi connectivity index (χ1n) is 21.8. The second kappa shape index (κ2) is 38.6. The van der Waals surface area contributed by atoms with Gasteiger partial charge in [0.15, 0.2) is 12.1 Å². The van der Waals surface area contributed by atoms with Crippen LogP contribution in [-0.2, 0) is 33.4 Å². The smallest absolute Gasteiger partial charge is 0.365 e. The van der Waals surface area contributed by atoms with Crippen molar-refractivity contribution in [2.75, 3.05) is 13.2 Å². The molecule has 306 valence electrons. The minimum absolute atomic E-state index is 0.224. The molecule has 0 saturated heterocycles. The summed E-state index contributed by atoms with van der Waals surface area (Å²) in [5, 5.41) is 10.8. The molecule has 0 aromatic rings. The average Bonchev–Trinajstić information content (AvgIpc) is 3.12. The molecular weight excluding hydrogens is 658 g/mol. The van der Waals surface area contributed by atoms with Crippen molar-refractivity contribution < 1.29 is 44.2 Å². The number of unbranched alkanes of at least 4 members (excludes halogenated alkanes) is 28. The highest BCUT2D eigenvalue weighted by Gasteiger charge is 2.24. The van der Waals surface area contributed by atoms with Crippen LogP contribution in [0.3, 0.4) is 0 Å². The van der Waals surface area contributed by atoms with E-state index in [0.29, 0.717) is 6.42 Å². The van der Waals surface area contributed by atoms with Gasteiger partial charge < -0.3 is 29.8 Å². The highest BCUT2D eigenvalue weighted by molar-refractivity contribution is 5.79. The van der Waals surface area contributed by atoms with Crippen molar-refractivity contribution in [3.05, 3.63) is 0 Å². The molecule has 0 amide bonds. The Hall–Kier alpha value is -2.16. The van der Waals surface area contributed by atoms with Crippen molar-refractivity contribution in [2.45, 2.75) is 238 Å². The summed E-state index contributed by atoms with van der Waals surface area (Å²) < 4.78 is 16.1. The van der Waals surface area contributed by atoms with E-state index in [-0.39, 0.29) is 32.0 Å². The van der Waals surface area contributed by atoms with Crippen LogP contribution in [0.2, 0.25) is 0 Å². The minimum Gasteiger partial charge on any atom is -0.550 e. The van der Waals surface area contributed by atoms with Gasteiger partial charge in [-0.2, -0.15) is 0 Å². The molecule has 0 aromatic heterocycles. The van der Waals surface area contributed by atoms with Gasteiger partial charge in [-0.05, 0) is 12.8 Å². The van der Waals surface area contributed by atoms with Crippen molar-refractivity contribution >= 4 is 23.9 Å². The lowest BCUT2D eigenvalue weighted by Crippen LogP contribution is -2.66. The van der Waals surface area contributed by atoms with Crippen LogP contribution in [-0.4, -0.2) is 49.2 Å². The summed E-state index contributed by atoms with van der Waals surface area (Å²) in [6, 6.07) is -1.14. The molecule has 3 N–H and O–H groups in total. The van der Waals surface area contributed by atoms with Gasteiger partial charge in [-0.3, -0.25) is 9.59 Å². The summed E-state index contributed by atoms with van der Waals surface area (Å²) in [5.74, 6) is -3.06. The fourth-order valence-corrected chi connectivity index (χ4v) is 6.48. The summed E-state index contributed by atoms with van der Waals surface area (Å²) >= 11 is 0. The van der Waals surface area contributed by atoms with E-state index < -0.39 is 36.5 Å². The number of carbonyl (C=O) groups is 4. The van der Waals surface area contributed by atoms with Crippen molar-refractivity contribution in [3.63, 3.8) is 0 Å². The molecule has 0 aromatic carbocycles. The van der Waals surface area contributed by atoms with Crippen LogP contribution in [0.4, 0.5) is 0 Å². The molecule has 0 spiro atoms. The molecule has 0 bridgehead atoms. The third-order valence-electron chi connectivity index (χ3n) is 9.86. The molecule has 0 aliphatic rings. The summed E-state index contributed by atoms with van der Waals surface area (Å²) in [4.78, 5) is 48.0. The molecule has 0 aliphatic carbocycles. The molecular formula is C43H81NO8. The van der Waals surface area contributed by atoms with Crippen LogP contribution < -0.4 is 10.8 Å². The maximum absolute atomic E-state index is 12.6. The highest BCUT2D eigenvalue weighted by Crippen LogP contribution is 2.16. The van der Waals surface area contributed by atoms with Gasteiger partial charge >= 0.3 is 17.9 Å². The summed E-state index contributed by atoms with van der Waals surface area (Å²) in [6.07, 6.45) is 36.2. The van der Waals surface area contributed by atoms with Crippen molar-refractivity contribution in [1.29, 1.82) is 0 Å². The normalized spacial score (nSPS) is 12.4. The van der Waals surface area contributed by atoms with Crippen LogP contribution in [0, 0.1) is 0 Å². The zero-order valence-corrected chi connectivity index (χ0v) is 33.9. The predicted octanol–water partition coefficient (Wildman–Crippen LogP) is 9.26. The molecule has 2 atom stereocenters. The Kier molecular flexibility index (Phi) is 37.0. The number of rotatable bonds is 40. The van der Waals surface area contributed by atoms with Crippen molar-refractivity contribution in [2.24, 2.45) is 0 Å². The number of hydrogen-bond donors (Lipinski definition) is 1. The van der Waals surface area contributed by atoms with Crippen LogP contribution >= 0.6 is 0 Å². The zero-order chi connectivity index (χ0) is 38.3. The van der Waals surface area contributed by atoms with Crippen LogP contribution in [0.25, 0.3) is 0 Å².